The highest BCUT2D eigenvalue weighted by Gasteiger charge is 2.25. The molecule has 39 heavy (non-hydrogen) atoms. The van der Waals surface area contributed by atoms with E-state index in [1.54, 1.807) is 49.8 Å². The number of esters is 1. The Morgan fingerprint density at radius 3 is 2.51 bits per heavy atom. The molecule has 0 amide bonds. The van der Waals surface area contributed by atoms with E-state index in [4.69, 9.17) is 24.4 Å². The highest BCUT2D eigenvalue weighted by atomic mass is 16.5. The summed E-state index contributed by atoms with van der Waals surface area (Å²) in [4.78, 5) is 17.0. The number of aliphatic hydroxyl groups is 2. The number of hydrogen-bond donors (Lipinski definition) is 3. The fraction of sp³-hybridized carbons (Fsp3) is 0.207. The van der Waals surface area contributed by atoms with Crippen LogP contribution in [0.15, 0.2) is 77.6 Å². The molecule has 0 aliphatic heterocycles. The molecule has 0 unspecified atom stereocenters. The van der Waals surface area contributed by atoms with Crippen LogP contribution in [0.1, 0.15) is 21.5 Å². The SMILES string of the molecule is COc1cccc(-c2cc(-c3ccoc3)c(C#N)c(OCc3ccc(C(=O)OCC(N)(CO)CO)cc3)n2)c1. The minimum absolute atomic E-state index is 0.0737. The van der Waals surface area contributed by atoms with Crippen molar-refractivity contribution < 1.29 is 33.6 Å². The lowest BCUT2D eigenvalue weighted by molar-refractivity contribution is 0.0210. The van der Waals surface area contributed by atoms with Crippen LogP contribution in [-0.2, 0) is 11.3 Å². The average molecular weight is 530 g/mol. The van der Waals surface area contributed by atoms with Gasteiger partial charge in [-0.2, -0.15) is 5.26 Å². The van der Waals surface area contributed by atoms with Crippen LogP contribution in [0, 0.1) is 11.3 Å². The zero-order valence-electron chi connectivity index (χ0n) is 21.2. The number of hydrogen-bond acceptors (Lipinski definition) is 10. The van der Waals surface area contributed by atoms with Gasteiger partial charge in [-0.1, -0.05) is 24.3 Å². The van der Waals surface area contributed by atoms with E-state index < -0.39 is 24.7 Å². The maximum atomic E-state index is 12.3. The van der Waals surface area contributed by atoms with Crippen LogP contribution in [0.25, 0.3) is 22.4 Å². The predicted octanol–water partition coefficient (Wildman–Crippen LogP) is 3.31. The van der Waals surface area contributed by atoms with Crippen molar-refractivity contribution in [2.75, 3.05) is 26.9 Å². The first-order chi connectivity index (χ1) is 18.9. The number of ether oxygens (including phenoxy) is 3. The summed E-state index contributed by atoms with van der Waals surface area (Å²) in [7, 11) is 1.58. The summed E-state index contributed by atoms with van der Waals surface area (Å²) in [5.74, 6) is 0.155. The Morgan fingerprint density at radius 1 is 1.10 bits per heavy atom. The molecule has 0 fully saturated rings. The van der Waals surface area contributed by atoms with Gasteiger partial charge in [-0.3, -0.25) is 0 Å². The first kappa shape index (κ1) is 27.3. The summed E-state index contributed by atoms with van der Waals surface area (Å²) < 4.78 is 21.7. The van der Waals surface area contributed by atoms with Crippen LogP contribution in [0.3, 0.4) is 0 Å². The molecule has 2 aromatic heterocycles. The summed E-state index contributed by atoms with van der Waals surface area (Å²) in [5.41, 5.74) is 8.22. The lowest BCUT2D eigenvalue weighted by Crippen LogP contribution is -2.51. The standard InChI is InChI=1S/C29H27N3O7/c1-36-23-4-2-3-21(11-23)26-12-24(22-9-10-37-15-22)25(13-30)27(32-26)38-14-19-5-7-20(8-6-19)28(35)39-18-29(31,16-33)17-34/h2-12,15,33-34H,14,16-18,31H2,1H3. The zero-order valence-corrected chi connectivity index (χ0v) is 21.2. The van der Waals surface area contributed by atoms with Crippen LogP contribution < -0.4 is 15.2 Å². The molecule has 0 saturated carbocycles. The lowest BCUT2D eigenvalue weighted by atomic mass is 10.0. The molecule has 2 heterocycles. The molecule has 4 aromatic rings. The first-order valence-electron chi connectivity index (χ1n) is 11.9. The van der Waals surface area contributed by atoms with Gasteiger partial charge in [-0.15, -0.1) is 0 Å². The summed E-state index contributed by atoms with van der Waals surface area (Å²) >= 11 is 0. The molecule has 4 N–H and O–H groups in total. The Kier molecular flexibility index (Phi) is 8.58. The number of aliphatic hydroxyl groups excluding tert-OH is 2. The van der Waals surface area contributed by atoms with E-state index >= 15 is 0 Å². The summed E-state index contributed by atoms with van der Waals surface area (Å²) in [6.07, 6.45) is 3.07. The third kappa shape index (κ3) is 6.42. The number of aromatic nitrogens is 1. The third-order valence-electron chi connectivity index (χ3n) is 5.98. The quantitative estimate of drug-likeness (QED) is 0.246. The minimum Gasteiger partial charge on any atom is -0.497 e. The molecule has 2 aromatic carbocycles. The second kappa shape index (κ2) is 12.2. The van der Waals surface area contributed by atoms with Crippen molar-refractivity contribution in [3.63, 3.8) is 0 Å². The van der Waals surface area contributed by atoms with Crippen LogP contribution in [0.4, 0.5) is 0 Å². The molecular formula is C29H27N3O7. The molecule has 0 aliphatic rings. The molecule has 0 atom stereocenters. The maximum Gasteiger partial charge on any atom is 0.338 e. The van der Waals surface area contributed by atoms with E-state index in [1.807, 2.05) is 24.3 Å². The van der Waals surface area contributed by atoms with E-state index in [1.165, 1.54) is 6.26 Å². The number of nitrogens with two attached hydrogens (primary N) is 1. The Bertz CT molecular complexity index is 1460. The highest BCUT2D eigenvalue weighted by Crippen LogP contribution is 2.34. The molecular weight excluding hydrogens is 502 g/mol. The second-order valence-electron chi connectivity index (χ2n) is 8.83. The van der Waals surface area contributed by atoms with Crippen molar-refractivity contribution in [2.45, 2.75) is 12.1 Å². The number of rotatable bonds is 11. The van der Waals surface area contributed by atoms with Gasteiger partial charge in [-0.05, 0) is 42.0 Å². The average Bonchev–Trinajstić information content (AvgIpc) is 3.53. The van der Waals surface area contributed by atoms with Crippen molar-refractivity contribution in [2.24, 2.45) is 5.73 Å². The van der Waals surface area contributed by atoms with Crippen LogP contribution in [0.2, 0.25) is 0 Å². The monoisotopic (exact) mass is 529 g/mol. The summed E-state index contributed by atoms with van der Waals surface area (Å²) in [6, 6.07) is 19.6. The number of nitriles is 1. The van der Waals surface area contributed by atoms with Gasteiger partial charge >= 0.3 is 5.97 Å². The normalized spacial score (nSPS) is 11.1. The predicted molar refractivity (Wildman–Crippen MR) is 141 cm³/mol. The van der Waals surface area contributed by atoms with Crippen LogP contribution in [0.5, 0.6) is 11.6 Å². The molecule has 0 saturated heterocycles. The summed E-state index contributed by atoms with van der Waals surface area (Å²) in [5, 5.41) is 28.5. The smallest absolute Gasteiger partial charge is 0.338 e. The first-order valence-corrected chi connectivity index (χ1v) is 11.9. The van der Waals surface area contributed by atoms with Gasteiger partial charge in [0.2, 0.25) is 5.88 Å². The van der Waals surface area contributed by atoms with Crippen LogP contribution in [-0.4, -0.2) is 53.6 Å². The topological polar surface area (TPSA) is 161 Å². The Balaban J connectivity index is 1.57. The third-order valence-corrected chi connectivity index (χ3v) is 5.98. The van der Waals surface area contributed by atoms with E-state index in [0.29, 0.717) is 28.1 Å². The van der Waals surface area contributed by atoms with Gasteiger partial charge in [-0.25, -0.2) is 9.78 Å². The number of carbonyl (C=O) groups is 1. The fourth-order valence-electron chi connectivity index (χ4n) is 3.63. The molecule has 4 rings (SSSR count). The van der Waals surface area contributed by atoms with Crippen molar-refractivity contribution in [1.29, 1.82) is 5.26 Å². The van der Waals surface area contributed by atoms with Crippen molar-refractivity contribution in [3.8, 4) is 40.1 Å². The Hall–Kier alpha value is -4.69. The molecule has 0 spiro atoms. The van der Waals surface area contributed by atoms with Gasteiger partial charge in [0.25, 0.3) is 0 Å². The van der Waals surface area contributed by atoms with Crippen molar-refractivity contribution in [3.05, 3.63) is 89.9 Å². The lowest BCUT2D eigenvalue weighted by Gasteiger charge is -2.23. The van der Waals surface area contributed by atoms with Crippen molar-refractivity contribution in [1.82, 2.24) is 4.98 Å². The van der Waals surface area contributed by atoms with Gasteiger partial charge < -0.3 is 34.6 Å². The molecule has 200 valence electrons. The number of furan rings is 1. The van der Waals surface area contributed by atoms with E-state index in [0.717, 1.165) is 5.56 Å². The van der Waals surface area contributed by atoms with E-state index in [9.17, 15) is 20.3 Å². The van der Waals surface area contributed by atoms with Crippen molar-refractivity contribution >= 4 is 5.97 Å². The van der Waals surface area contributed by atoms with E-state index in [-0.39, 0.29) is 30.2 Å². The Labute approximate surface area is 224 Å². The summed E-state index contributed by atoms with van der Waals surface area (Å²) in [6.45, 7) is -1.33. The molecule has 0 aliphatic carbocycles. The van der Waals surface area contributed by atoms with Gasteiger partial charge in [0, 0.05) is 16.7 Å². The Morgan fingerprint density at radius 2 is 1.87 bits per heavy atom. The minimum atomic E-state index is -1.41. The highest BCUT2D eigenvalue weighted by molar-refractivity contribution is 5.89. The fourth-order valence-corrected chi connectivity index (χ4v) is 3.63. The molecule has 0 bridgehead atoms. The maximum absolute atomic E-state index is 12.3. The number of nitrogens with zero attached hydrogens (tertiary/aromatic N) is 2. The van der Waals surface area contributed by atoms with Gasteiger partial charge in [0.15, 0.2) is 0 Å². The second-order valence-corrected chi connectivity index (χ2v) is 8.83. The molecule has 10 nitrogen and oxygen atoms in total. The van der Waals surface area contributed by atoms with E-state index in [2.05, 4.69) is 11.1 Å². The molecule has 10 heteroatoms. The number of carbonyl (C=O) groups excluding carboxylic acids is 1. The van der Waals surface area contributed by atoms with Crippen LogP contribution >= 0.6 is 0 Å². The zero-order chi connectivity index (χ0) is 27.8. The number of pyridine rings is 1. The largest absolute Gasteiger partial charge is 0.497 e. The van der Waals surface area contributed by atoms with Gasteiger partial charge in [0.05, 0.1) is 49.6 Å². The number of methoxy groups -OCH3 is 1. The van der Waals surface area contributed by atoms with Gasteiger partial charge in [0.1, 0.15) is 30.6 Å². The molecule has 0 radical (unpaired) electrons. The number of benzene rings is 2.